The van der Waals surface area contributed by atoms with Crippen molar-refractivity contribution in [3.8, 4) is 0 Å². The Hall–Kier alpha value is -0.480. The molecule has 1 aliphatic carbocycles. The zero-order valence-electron chi connectivity index (χ0n) is 9.25. The number of thioether (sulfide) groups is 1. The second-order valence-electron chi connectivity index (χ2n) is 3.92. The summed E-state index contributed by atoms with van der Waals surface area (Å²) in [6.07, 6.45) is 3.82. The highest BCUT2D eigenvalue weighted by molar-refractivity contribution is 9.10. The van der Waals surface area contributed by atoms with Crippen LogP contribution in [-0.2, 0) is 14.9 Å². The quantitative estimate of drug-likeness (QED) is 0.632. The number of carbonyl (C=O) groups excluding carboxylic acids is 1. The monoisotopic (exact) mass is 300 g/mol. The number of rotatable bonds is 3. The van der Waals surface area contributed by atoms with Gasteiger partial charge in [0.2, 0.25) is 0 Å². The van der Waals surface area contributed by atoms with E-state index in [1.165, 1.54) is 7.11 Å². The smallest absolute Gasteiger partial charge is 0.316 e. The summed E-state index contributed by atoms with van der Waals surface area (Å²) in [5.74, 6) is -0.106. The first kappa shape index (κ1) is 12.0. The van der Waals surface area contributed by atoms with Gasteiger partial charge in [-0.15, -0.1) is 11.8 Å². The standard InChI is InChI=1S/C12H13BrO2S/c1-15-11(14)12(5-6-12)9-4-3-8(13)7-10(9)16-2/h3-4,7H,5-6H2,1-2H3. The summed E-state index contributed by atoms with van der Waals surface area (Å²) in [4.78, 5) is 13.0. The highest BCUT2D eigenvalue weighted by Crippen LogP contribution is 2.52. The van der Waals surface area contributed by atoms with E-state index < -0.39 is 0 Å². The molecule has 0 aliphatic heterocycles. The first-order valence-electron chi connectivity index (χ1n) is 5.06. The number of hydrogen-bond acceptors (Lipinski definition) is 3. The van der Waals surface area contributed by atoms with Crippen molar-refractivity contribution in [1.82, 2.24) is 0 Å². The van der Waals surface area contributed by atoms with Gasteiger partial charge in [0.1, 0.15) is 0 Å². The van der Waals surface area contributed by atoms with Gasteiger partial charge < -0.3 is 4.74 Å². The van der Waals surface area contributed by atoms with E-state index in [4.69, 9.17) is 4.74 Å². The molecule has 1 aliphatic rings. The maximum absolute atomic E-state index is 11.8. The Balaban J connectivity index is 2.44. The van der Waals surface area contributed by atoms with E-state index in [9.17, 15) is 4.79 Å². The van der Waals surface area contributed by atoms with Gasteiger partial charge in [-0.3, -0.25) is 4.79 Å². The van der Waals surface area contributed by atoms with E-state index in [-0.39, 0.29) is 11.4 Å². The first-order chi connectivity index (χ1) is 7.64. The van der Waals surface area contributed by atoms with Crippen molar-refractivity contribution in [2.75, 3.05) is 13.4 Å². The fourth-order valence-electron chi connectivity index (χ4n) is 1.96. The van der Waals surface area contributed by atoms with Gasteiger partial charge in [-0.05, 0) is 36.8 Å². The van der Waals surface area contributed by atoms with Gasteiger partial charge in [0.05, 0.1) is 12.5 Å². The predicted octanol–water partition coefficient (Wildman–Crippen LogP) is 3.38. The minimum Gasteiger partial charge on any atom is -0.468 e. The summed E-state index contributed by atoms with van der Waals surface area (Å²) >= 11 is 5.12. The van der Waals surface area contributed by atoms with Crippen LogP contribution in [-0.4, -0.2) is 19.3 Å². The topological polar surface area (TPSA) is 26.3 Å². The molecule has 1 aromatic rings. The summed E-state index contributed by atoms with van der Waals surface area (Å²) in [6, 6.07) is 6.07. The first-order valence-corrected chi connectivity index (χ1v) is 7.08. The Labute approximate surface area is 108 Å². The SMILES string of the molecule is COC(=O)C1(c2ccc(Br)cc2SC)CC1. The Morgan fingerprint density at radius 2 is 2.19 bits per heavy atom. The lowest BCUT2D eigenvalue weighted by molar-refractivity contribution is -0.143. The summed E-state index contributed by atoms with van der Waals surface area (Å²) in [7, 11) is 1.46. The lowest BCUT2D eigenvalue weighted by Gasteiger charge is -2.16. The van der Waals surface area contributed by atoms with Crippen LogP contribution in [0.4, 0.5) is 0 Å². The molecule has 0 N–H and O–H groups in total. The van der Waals surface area contributed by atoms with Crippen molar-refractivity contribution in [1.29, 1.82) is 0 Å². The van der Waals surface area contributed by atoms with Gasteiger partial charge >= 0.3 is 5.97 Å². The molecule has 0 radical (unpaired) electrons. The molecule has 1 fully saturated rings. The number of benzene rings is 1. The van der Waals surface area contributed by atoms with Crippen molar-refractivity contribution < 1.29 is 9.53 Å². The minimum absolute atomic E-state index is 0.106. The number of esters is 1. The third-order valence-electron chi connectivity index (χ3n) is 3.01. The second-order valence-corrected chi connectivity index (χ2v) is 5.68. The molecule has 0 unspecified atom stereocenters. The molecular weight excluding hydrogens is 288 g/mol. The molecule has 1 saturated carbocycles. The second kappa shape index (κ2) is 4.41. The third-order valence-corrected chi connectivity index (χ3v) is 4.28. The largest absolute Gasteiger partial charge is 0.468 e. The van der Waals surface area contributed by atoms with Crippen molar-refractivity contribution in [2.45, 2.75) is 23.2 Å². The Morgan fingerprint density at radius 1 is 1.50 bits per heavy atom. The van der Waals surface area contributed by atoms with Crippen LogP contribution < -0.4 is 0 Å². The summed E-state index contributed by atoms with van der Waals surface area (Å²) in [5.41, 5.74) is 0.739. The van der Waals surface area contributed by atoms with Crippen molar-refractivity contribution in [2.24, 2.45) is 0 Å². The van der Waals surface area contributed by atoms with Gasteiger partial charge in [-0.2, -0.15) is 0 Å². The van der Waals surface area contributed by atoms with Gasteiger partial charge in [-0.25, -0.2) is 0 Å². The van der Waals surface area contributed by atoms with Crippen LogP contribution in [0.3, 0.4) is 0 Å². The molecule has 0 bridgehead atoms. The van der Waals surface area contributed by atoms with E-state index in [1.807, 2.05) is 18.4 Å². The predicted molar refractivity (Wildman–Crippen MR) is 68.9 cm³/mol. The van der Waals surface area contributed by atoms with E-state index >= 15 is 0 Å². The van der Waals surface area contributed by atoms with E-state index in [0.29, 0.717) is 0 Å². The molecule has 86 valence electrons. The highest BCUT2D eigenvalue weighted by atomic mass is 79.9. The zero-order valence-corrected chi connectivity index (χ0v) is 11.7. The van der Waals surface area contributed by atoms with Crippen LogP contribution >= 0.6 is 27.7 Å². The fraction of sp³-hybridized carbons (Fsp3) is 0.417. The summed E-state index contributed by atoms with van der Waals surface area (Å²) in [5, 5.41) is 0. The normalized spacial score (nSPS) is 16.9. The van der Waals surface area contributed by atoms with E-state index in [2.05, 4.69) is 22.0 Å². The fourth-order valence-corrected chi connectivity index (χ4v) is 3.20. The van der Waals surface area contributed by atoms with Crippen molar-refractivity contribution in [3.63, 3.8) is 0 Å². The van der Waals surface area contributed by atoms with Crippen LogP contribution in [0, 0.1) is 0 Å². The van der Waals surface area contributed by atoms with Crippen LogP contribution in [0.2, 0.25) is 0 Å². The van der Waals surface area contributed by atoms with Gasteiger partial charge in [0.25, 0.3) is 0 Å². The molecule has 0 atom stereocenters. The molecule has 0 heterocycles. The Morgan fingerprint density at radius 3 is 2.69 bits per heavy atom. The molecule has 0 amide bonds. The molecule has 2 rings (SSSR count). The van der Waals surface area contributed by atoms with Gasteiger partial charge in [0.15, 0.2) is 0 Å². The average Bonchev–Trinajstić information content (AvgIpc) is 3.09. The van der Waals surface area contributed by atoms with Crippen molar-refractivity contribution in [3.05, 3.63) is 28.2 Å². The number of carbonyl (C=O) groups is 1. The molecule has 0 aromatic heterocycles. The number of methoxy groups -OCH3 is 1. The average molecular weight is 301 g/mol. The minimum atomic E-state index is -0.367. The molecule has 0 spiro atoms. The number of hydrogen-bond donors (Lipinski definition) is 0. The van der Waals surface area contributed by atoms with Crippen molar-refractivity contribution >= 4 is 33.7 Å². The maximum atomic E-state index is 11.8. The molecule has 4 heteroatoms. The molecule has 2 nitrogen and oxygen atoms in total. The molecule has 0 saturated heterocycles. The molecule has 16 heavy (non-hydrogen) atoms. The van der Waals surface area contributed by atoms with Crippen LogP contribution in [0.15, 0.2) is 27.6 Å². The zero-order chi connectivity index (χ0) is 11.8. The van der Waals surface area contributed by atoms with Gasteiger partial charge in [-0.1, -0.05) is 22.0 Å². The summed E-state index contributed by atoms with van der Waals surface area (Å²) in [6.45, 7) is 0. The Kier molecular flexibility index (Phi) is 3.31. The molecule has 1 aromatic carbocycles. The van der Waals surface area contributed by atoms with E-state index in [1.54, 1.807) is 11.8 Å². The lowest BCUT2D eigenvalue weighted by atomic mass is 9.96. The third kappa shape index (κ3) is 1.89. The van der Waals surface area contributed by atoms with E-state index in [0.717, 1.165) is 27.8 Å². The number of halogens is 1. The Bertz CT molecular complexity index is 427. The molecular formula is C12H13BrO2S. The van der Waals surface area contributed by atoms with Gasteiger partial charge in [0, 0.05) is 9.37 Å². The lowest BCUT2D eigenvalue weighted by Crippen LogP contribution is -2.22. The maximum Gasteiger partial charge on any atom is 0.316 e. The number of ether oxygens (including phenoxy) is 1. The highest BCUT2D eigenvalue weighted by Gasteiger charge is 2.53. The van der Waals surface area contributed by atoms with Crippen LogP contribution in [0.5, 0.6) is 0 Å². The summed E-state index contributed by atoms with van der Waals surface area (Å²) < 4.78 is 5.94. The van der Waals surface area contributed by atoms with Crippen LogP contribution in [0.25, 0.3) is 0 Å². The van der Waals surface area contributed by atoms with Crippen LogP contribution in [0.1, 0.15) is 18.4 Å².